The largest absolute Gasteiger partial charge is 0.341 e. The molecule has 0 bridgehead atoms. The van der Waals surface area contributed by atoms with Gasteiger partial charge in [0.1, 0.15) is 6.04 Å². The van der Waals surface area contributed by atoms with Gasteiger partial charge in [-0.1, -0.05) is 67.1 Å². The van der Waals surface area contributed by atoms with Crippen LogP contribution in [0.2, 0.25) is 0 Å². The molecule has 1 aliphatic carbocycles. The molecule has 4 rings (SSSR count). The van der Waals surface area contributed by atoms with E-state index in [-0.39, 0.29) is 23.3 Å². The van der Waals surface area contributed by atoms with E-state index in [1.54, 1.807) is 30.1 Å². The third kappa shape index (κ3) is 6.09. The third-order valence-corrected chi connectivity index (χ3v) is 8.04. The summed E-state index contributed by atoms with van der Waals surface area (Å²) in [5.74, 6) is 5.80. The SMILES string of the molecule is CN(C(=O)[C@H](CC#Cc1ccc(CN)cc1)NS(=O)(=O)c1ccc2ccccc2c1)C1CCCC1. The van der Waals surface area contributed by atoms with Gasteiger partial charge in [-0.05, 0) is 53.4 Å². The lowest BCUT2D eigenvalue weighted by atomic mass is 10.1. The molecule has 3 N–H and O–H groups in total. The molecule has 6 nitrogen and oxygen atoms in total. The Morgan fingerprint density at radius 1 is 1.06 bits per heavy atom. The van der Waals surface area contributed by atoms with Gasteiger partial charge in [0.25, 0.3) is 0 Å². The van der Waals surface area contributed by atoms with Crippen LogP contribution in [0.25, 0.3) is 10.8 Å². The molecule has 1 atom stereocenters. The standard InChI is InChI=1S/C28H31N3O3S/c1-31(25-10-4-5-11-25)28(32)27(12-6-7-21-13-15-22(20-29)16-14-21)30-35(33,34)26-18-17-23-8-2-3-9-24(23)19-26/h2-3,8-9,13-19,25,27,30H,4-5,10-12,20,29H2,1H3/t27-/m0/s1. The summed E-state index contributed by atoms with van der Waals surface area (Å²) in [5, 5.41) is 1.77. The molecule has 1 aliphatic rings. The molecule has 0 radical (unpaired) electrons. The molecule has 1 saturated carbocycles. The summed E-state index contributed by atoms with van der Waals surface area (Å²) >= 11 is 0. The van der Waals surface area contributed by atoms with Crippen molar-refractivity contribution in [2.24, 2.45) is 5.73 Å². The van der Waals surface area contributed by atoms with E-state index in [0.717, 1.165) is 47.6 Å². The number of nitrogens with one attached hydrogen (secondary N) is 1. The van der Waals surface area contributed by atoms with Gasteiger partial charge in [0.15, 0.2) is 0 Å². The van der Waals surface area contributed by atoms with Gasteiger partial charge in [-0.25, -0.2) is 8.42 Å². The predicted octanol–water partition coefficient (Wildman–Crippen LogP) is 3.79. The lowest BCUT2D eigenvalue weighted by Crippen LogP contribution is -2.49. The number of nitrogens with zero attached hydrogens (tertiary/aromatic N) is 1. The maximum absolute atomic E-state index is 13.4. The molecular formula is C28H31N3O3S. The summed E-state index contributed by atoms with van der Waals surface area (Å²) < 4.78 is 29.2. The zero-order valence-electron chi connectivity index (χ0n) is 19.9. The normalized spacial score (nSPS) is 14.9. The Morgan fingerprint density at radius 2 is 1.74 bits per heavy atom. The molecule has 3 aromatic rings. The van der Waals surface area contributed by atoms with Crippen molar-refractivity contribution in [1.29, 1.82) is 0 Å². The zero-order valence-corrected chi connectivity index (χ0v) is 20.7. The lowest BCUT2D eigenvalue weighted by Gasteiger charge is -2.28. The summed E-state index contributed by atoms with van der Waals surface area (Å²) in [5.41, 5.74) is 7.44. The van der Waals surface area contributed by atoms with E-state index < -0.39 is 16.1 Å². The van der Waals surface area contributed by atoms with E-state index in [9.17, 15) is 13.2 Å². The highest BCUT2D eigenvalue weighted by Gasteiger charge is 2.31. The van der Waals surface area contributed by atoms with Crippen LogP contribution in [-0.4, -0.2) is 38.4 Å². The molecule has 182 valence electrons. The predicted molar refractivity (Wildman–Crippen MR) is 139 cm³/mol. The fourth-order valence-electron chi connectivity index (χ4n) is 4.47. The van der Waals surface area contributed by atoms with Crippen LogP contribution in [0.4, 0.5) is 0 Å². The Kier molecular flexibility index (Phi) is 7.86. The Morgan fingerprint density at radius 3 is 2.43 bits per heavy atom. The fraction of sp³-hybridized carbons (Fsp3) is 0.321. The summed E-state index contributed by atoms with van der Waals surface area (Å²) in [6.45, 7) is 0.453. The summed E-state index contributed by atoms with van der Waals surface area (Å²) in [4.78, 5) is 15.2. The Hall–Kier alpha value is -3.18. The van der Waals surface area contributed by atoms with Gasteiger partial charge in [-0.15, -0.1) is 0 Å². The van der Waals surface area contributed by atoms with Gasteiger partial charge in [-0.2, -0.15) is 4.72 Å². The Bertz CT molecular complexity index is 1350. The van der Waals surface area contributed by atoms with Crippen LogP contribution in [0.15, 0.2) is 71.6 Å². The van der Waals surface area contributed by atoms with Crippen molar-refractivity contribution in [3.63, 3.8) is 0 Å². The average molecular weight is 490 g/mol. The van der Waals surface area contributed by atoms with E-state index in [1.807, 2.05) is 48.5 Å². The van der Waals surface area contributed by atoms with Gasteiger partial charge in [0.05, 0.1) is 4.90 Å². The van der Waals surface area contributed by atoms with E-state index >= 15 is 0 Å². The highest BCUT2D eigenvalue weighted by atomic mass is 32.2. The molecule has 0 heterocycles. The molecule has 7 heteroatoms. The fourth-order valence-corrected chi connectivity index (χ4v) is 5.69. The van der Waals surface area contributed by atoms with Crippen LogP contribution in [0, 0.1) is 11.8 Å². The van der Waals surface area contributed by atoms with Crippen LogP contribution < -0.4 is 10.5 Å². The van der Waals surface area contributed by atoms with Crippen molar-refractivity contribution in [2.75, 3.05) is 7.05 Å². The van der Waals surface area contributed by atoms with E-state index in [0.29, 0.717) is 6.54 Å². The molecule has 0 unspecified atom stereocenters. The Balaban J connectivity index is 1.58. The van der Waals surface area contributed by atoms with Gasteiger partial charge < -0.3 is 10.6 Å². The second kappa shape index (κ2) is 11.0. The van der Waals surface area contributed by atoms with Crippen LogP contribution in [0.1, 0.15) is 43.2 Å². The minimum atomic E-state index is -3.94. The van der Waals surface area contributed by atoms with Crippen molar-refractivity contribution >= 4 is 26.7 Å². The summed E-state index contributed by atoms with van der Waals surface area (Å²) in [6.07, 6.45) is 4.10. The molecule has 0 aliphatic heterocycles. The smallest absolute Gasteiger partial charge is 0.241 e. The molecule has 3 aromatic carbocycles. The first-order chi connectivity index (χ1) is 16.9. The topological polar surface area (TPSA) is 92.5 Å². The quantitative estimate of drug-likeness (QED) is 0.494. The number of sulfonamides is 1. The Labute approximate surface area is 207 Å². The number of nitrogens with two attached hydrogens (primary N) is 1. The van der Waals surface area contributed by atoms with Crippen LogP contribution in [0.3, 0.4) is 0 Å². The first-order valence-electron chi connectivity index (χ1n) is 11.9. The van der Waals surface area contributed by atoms with E-state index in [2.05, 4.69) is 16.6 Å². The number of hydrogen-bond donors (Lipinski definition) is 2. The molecule has 1 amide bonds. The number of hydrogen-bond acceptors (Lipinski definition) is 4. The highest BCUT2D eigenvalue weighted by Crippen LogP contribution is 2.24. The van der Waals surface area contributed by atoms with Crippen LogP contribution >= 0.6 is 0 Å². The van der Waals surface area contributed by atoms with E-state index in [4.69, 9.17) is 5.73 Å². The molecular weight excluding hydrogens is 458 g/mol. The molecule has 35 heavy (non-hydrogen) atoms. The lowest BCUT2D eigenvalue weighted by molar-refractivity contribution is -0.133. The highest BCUT2D eigenvalue weighted by molar-refractivity contribution is 7.89. The number of fused-ring (bicyclic) bond motifs is 1. The first-order valence-corrected chi connectivity index (χ1v) is 13.4. The monoisotopic (exact) mass is 489 g/mol. The van der Waals surface area contributed by atoms with Crippen molar-refractivity contribution in [1.82, 2.24) is 9.62 Å². The van der Waals surface area contributed by atoms with Crippen LogP contribution in [0.5, 0.6) is 0 Å². The number of amides is 1. The minimum absolute atomic E-state index is 0.0708. The van der Waals surface area contributed by atoms with Gasteiger partial charge >= 0.3 is 0 Å². The van der Waals surface area contributed by atoms with Crippen molar-refractivity contribution in [2.45, 2.75) is 55.6 Å². The second-order valence-corrected chi connectivity index (χ2v) is 10.7. The van der Waals surface area contributed by atoms with Crippen molar-refractivity contribution in [3.8, 4) is 11.8 Å². The first kappa shape index (κ1) is 24.9. The van der Waals surface area contributed by atoms with Crippen molar-refractivity contribution < 1.29 is 13.2 Å². The molecule has 0 spiro atoms. The molecule has 0 aromatic heterocycles. The number of rotatable bonds is 7. The zero-order chi connectivity index (χ0) is 24.8. The van der Waals surface area contributed by atoms with Gasteiger partial charge in [0.2, 0.25) is 15.9 Å². The van der Waals surface area contributed by atoms with Gasteiger partial charge in [0, 0.05) is 31.6 Å². The minimum Gasteiger partial charge on any atom is -0.341 e. The third-order valence-electron chi connectivity index (χ3n) is 6.58. The maximum atomic E-state index is 13.4. The summed E-state index contributed by atoms with van der Waals surface area (Å²) in [6, 6.07) is 19.2. The van der Waals surface area contributed by atoms with E-state index in [1.165, 1.54) is 0 Å². The van der Waals surface area contributed by atoms with Crippen molar-refractivity contribution in [3.05, 3.63) is 77.9 Å². The van der Waals surface area contributed by atoms with Gasteiger partial charge in [-0.3, -0.25) is 4.79 Å². The number of carbonyl (C=O) groups excluding carboxylic acids is 1. The number of likely N-dealkylation sites (N-methyl/N-ethyl adjacent to an activating group) is 1. The molecule has 1 fully saturated rings. The number of carbonyl (C=O) groups is 1. The molecule has 0 saturated heterocycles. The average Bonchev–Trinajstić information content (AvgIpc) is 3.42. The maximum Gasteiger partial charge on any atom is 0.241 e. The van der Waals surface area contributed by atoms with Crippen LogP contribution in [-0.2, 0) is 21.4 Å². The summed E-state index contributed by atoms with van der Waals surface area (Å²) in [7, 11) is -2.18. The second-order valence-electron chi connectivity index (χ2n) is 8.98. The number of benzene rings is 3.